The highest BCUT2D eigenvalue weighted by molar-refractivity contribution is 7.25. The van der Waals surface area contributed by atoms with E-state index in [2.05, 4.69) is 83.1 Å². The summed E-state index contributed by atoms with van der Waals surface area (Å²) in [6, 6.07) is 61.7. The van der Waals surface area contributed by atoms with E-state index in [0.717, 1.165) is 27.8 Å². The van der Waals surface area contributed by atoms with Crippen LogP contribution < -0.4 is 22.5 Å². The lowest BCUT2D eigenvalue weighted by Gasteiger charge is -2.18. The molecule has 0 aliphatic carbocycles. The summed E-state index contributed by atoms with van der Waals surface area (Å²) in [5.74, 6) is 1.00. The minimum atomic E-state index is -0.308. The first kappa shape index (κ1) is 37.0. The van der Waals surface area contributed by atoms with Crippen molar-refractivity contribution in [3.63, 3.8) is 0 Å². The average molecular weight is 737 g/mol. The lowest BCUT2D eigenvalue weighted by Crippen LogP contribution is -2.25. The summed E-state index contributed by atoms with van der Waals surface area (Å²) in [4.78, 5) is 9.42. The van der Waals surface area contributed by atoms with Gasteiger partial charge in [0.25, 0.3) is 0 Å². The molecule has 7 N–H and O–H groups in total. The second-order valence-electron chi connectivity index (χ2n) is 13.1. The van der Waals surface area contributed by atoms with Gasteiger partial charge in [0.1, 0.15) is 17.8 Å². The van der Waals surface area contributed by atoms with Crippen LogP contribution in [0.25, 0.3) is 31.3 Å². The Bertz CT molecular complexity index is 2510. The van der Waals surface area contributed by atoms with Crippen LogP contribution in [0.15, 0.2) is 192 Å². The maximum Gasteiger partial charge on any atom is 0.128 e. The third-order valence-corrected chi connectivity index (χ3v) is 10.5. The van der Waals surface area contributed by atoms with Gasteiger partial charge in [-0.1, -0.05) is 170 Å². The molecule has 1 atom stereocenters. The van der Waals surface area contributed by atoms with E-state index in [0.29, 0.717) is 31.3 Å². The van der Waals surface area contributed by atoms with Gasteiger partial charge in [-0.25, -0.2) is 4.99 Å². The number of nitrogens with zero attached hydrogens (tertiary/aromatic N) is 2. The van der Waals surface area contributed by atoms with Gasteiger partial charge < -0.3 is 17.2 Å². The number of thiophene rings is 1. The van der Waals surface area contributed by atoms with Crippen LogP contribution in [0.2, 0.25) is 0 Å². The Morgan fingerprint density at radius 3 is 1.96 bits per heavy atom. The van der Waals surface area contributed by atoms with Crippen molar-refractivity contribution in [1.29, 1.82) is 0 Å². The maximum absolute atomic E-state index is 6.39. The molecule has 6 nitrogen and oxygen atoms in total. The fourth-order valence-electron chi connectivity index (χ4n) is 6.51. The minimum absolute atomic E-state index is 0.308. The largest absolute Gasteiger partial charge is 0.383 e. The molecule has 8 aromatic rings. The number of benzene rings is 7. The predicted molar refractivity (Wildman–Crippen MR) is 233 cm³/mol. The number of amidine groups is 2. The quantitative estimate of drug-likeness (QED) is 0.0782. The van der Waals surface area contributed by atoms with E-state index < -0.39 is 0 Å². The summed E-state index contributed by atoms with van der Waals surface area (Å²) >= 11 is 1.86. The molecule has 55 heavy (non-hydrogen) atoms. The normalized spacial score (nSPS) is 12.3. The summed E-state index contributed by atoms with van der Waals surface area (Å²) in [7, 11) is 0. The number of nitrogens with two attached hydrogens (primary N) is 3. The van der Waals surface area contributed by atoms with Crippen LogP contribution in [0, 0.1) is 0 Å². The molecule has 0 bridgehead atoms. The molecule has 1 aromatic heterocycles. The first-order valence-electron chi connectivity index (χ1n) is 18.4. The third-order valence-electron chi connectivity index (χ3n) is 9.41. The van der Waals surface area contributed by atoms with Gasteiger partial charge in [0.15, 0.2) is 0 Å². The van der Waals surface area contributed by atoms with Crippen LogP contribution in [0.4, 0.5) is 0 Å². The topological polar surface area (TPSA) is 115 Å². The van der Waals surface area contributed by atoms with Gasteiger partial charge in [-0.15, -0.1) is 11.3 Å². The second-order valence-corrected chi connectivity index (χ2v) is 14.2. The first-order chi connectivity index (χ1) is 27.1. The van der Waals surface area contributed by atoms with Crippen molar-refractivity contribution in [2.45, 2.75) is 25.8 Å². The Kier molecular flexibility index (Phi) is 12.2. The third kappa shape index (κ3) is 9.23. The van der Waals surface area contributed by atoms with E-state index in [-0.39, 0.29) is 6.17 Å². The van der Waals surface area contributed by atoms with Crippen molar-refractivity contribution in [3.05, 3.63) is 215 Å². The Morgan fingerprint density at radius 2 is 1.22 bits per heavy atom. The van der Waals surface area contributed by atoms with Crippen molar-refractivity contribution in [1.82, 2.24) is 5.32 Å². The number of rotatable bonds is 11. The van der Waals surface area contributed by atoms with Crippen molar-refractivity contribution in [2.24, 2.45) is 27.2 Å². The van der Waals surface area contributed by atoms with Gasteiger partial charge in [-0.2, -0.15) is 0 Å². The van der Waals surface area contributed by atoms with Crippen LogP contribution >= 0.6 is 11.3 Å². The summed E-state index contributed by atoms with van der Waals surface area (Å²) in [5.41, 5.74) is 27.2. The molecule has 8 rings (SSSR count). The molecule has 0 amide bonds. The lowest BCUT2D eigenvalue weighted by atomic mass is 9.98. The zero-order valence-electron chi connectivity index (χ0n) is 30.6. The van der Waals surface area contributed by atoms with E-state index in [1.54, 1.807) is 0 Å². The van der Waals surface area contributed by atoms with E-state index in [1.165, 1.54) is 36.9 Å². The number of fused-ring (bicyclic) bond motifs is 3. The van der Waals surface area contributed by atoms with Gasteiger partial charge in [0.05, 0.1) is 6.54 Å². The summed E-state index contributed by atoms with van der Waals surface area (Å²) < 4.78 is 2.69. The van der Waals surface area contributed by atoms with Crippen LogP contribution in [0.1, 0.15) is 39.5 Å². The van der Waals surface area contributed by atoms with E-state index in [4.69, 9.17) is 22.2 Å². The number of aliphatic imine (C=N–C) groups is 2. The highest BCUT2D eigenvalue weighted by Crippen LogP contribution is 2.39. The monoisotopic (exact) mass is 736 g/mol. The van der Waals surface area contributed by atoms with Gasteiger partial charge >= 0.3 is 0 Å². The van der Waals surface area contributed by atoms with Crippen LogP contribution in [0.5, 0.6) is 0 Å². The predicted octanol–water partition coefficient (Wildman–Crippen LogP) is 9.97. The fraction of sp³-hybridized carbons (Fsp3) is 0.0833. The SMILES string of the molecule is NC(=NCc1ccccc1)c1ccccc1CNC(/N=C(\N)c1ccccc1)c1ccccc1.NCc1ccc(-c2cccc3sc4ccccc4c23)cc1. The van der Waals surface area contributed by atoms with E-state index >= 15 is 0 Å². The Hall–Kier alpha value is -6.38. The second kappa shape index (κ2) is 18.1. The lowest BCUT2D eigenvalue weighted by molar-refractivity contribution is 0.554. The molecule has 7 aromatic carbocycles. The highest BCUT2D eigenvalue weighted by Gasteiger charge is 2.14. The Balaban J connectivity index is 0.000000188. The molecular formula is C48H44N6S. The maximum atomic E-state index is 6.39. The standard InChI is InChI=1S/C29H29N5.C19H15NS/c30-27(23-14-6-2-7-15-23)34-29(24-16-8-3-9-17-24)33-21-25-18-10-11-19-26(25)28(31)32-20-22-12-4-1-5-13-22;20-12-13-8-10-14(11-9-13)15-5-3-7-18-19(15)16-4-1-2-6-17(16)21-18/h1-19,29,33H,20-21H2,(H2,30,34)(H2,31,32);1-11H,12,20H2. The van der Waals surface area contributed by atoms with Gasteiger partial charge in [-0.3, -0.25) is 10.3 Å². The number of hydrogen-bond donors (Lipinski definition) is 4. The number of hydrogen-bond acceptors (Lipinski definition) is 5. The molecule has 1 unspecified atom stereocenters. The van der Waals surface area contributed by atoms with Gasteiger partial charge in [0, 0.05) is 44.4 Å². The molecule has 0 aliphatic rings. The van der Waals surface area contributed by atoms with Crippen molar-refractivity contribution < 1.29 is 0 Å². The van der Waals surface area contributed by atoms with Crippen molar-refractivity contribution in [3.8, 4) is 11.1 Å². The molecule has 0 saturated carbocycles. The van der Waals surface area contributed by atoms with E-state index in [9.17, 15) is 0 Å². The smallest absolute Gasteiger partial charge is 0.128 e. The Morgan fingerprint density at radius 1 is 0.582 bits per heavy atom. The molecule has 0 spiro atoms. The van der Waals surface area contributed by atoms with E-state index in [1.807, 2.05) is 121 Å². The fourth-order valence-corrected chi connectivity index (χ4v) is 7.64. The summed E-state index contributed by atoms with van der Waals surface area (Å²) in [5, 5.41) is 6.25. The molecule has 0 fully saturated rings. The summed E-state index contributed by atoms with van der Waals surface area (Å²) in [6.45, 7) is 1.69. The zero-order chi connectivity index (χ0) is 37.8. The van der Waals surface area contributed by atoms with Gasteiger partial charge in [0.2, 0.25) is 0 Å². The average Bonchev–Trinajstić information content (AvgIpc) is 3.65. The van der Waals surface area contributed by atoms with Crippen molar-refractivity contribution >= 4 is 43.2 Å². The molecule has 0 aliphatic heterocycles. The number of nitrogens with one attached hydrogen (secondary N) is 1. The Labute approximate surface area is 326 Å². The zero-order valence-corrected chi connectivity index (χ0v) is 31.4. The first-order valence-corrected chi connectivity index (χ1v) is 19.2. The molecule has 272 valence electrons. The highest BCUT2D eigenvalue weighted by atomic mass is 32.1. The van der Waals surface area contributed by atoms with Crippen LogP contribution in [-0.4, -0.2) is 11.7 Å². The molecule has 0 radical (unpaired) electrons. The van der Waals surface area contributed by atoms with Gasteiger partial charge in [-0.05, 0) is 45.5 Å². The van der Waals surface area contributed by atoms with Crippen LogP contribution in [0.3, 0.4) is 0 Å². The molecule has 7 heteroatoms. The summed E-state index contributed by atoms with van der Waals surface area (Å²) in [6.07, 6.45) is -0.308. The molecular weight excluding hydrogens is 693 g/mol. The molecule has 0 saturated heterocycles. The van der Waals surface area contributed by atoms with Crippen molar-refractivity contribution in [2.75, 3.05) is 0 Å². The van der Waals surface area contributed by atoms with Crippen LogP contribution in [-0.2, 0) is 19.6 Å². The minimum Gasteiger partial charge on any atom is -0.383 e. The molecule has 1 heterocycles.